The second-order valence-corrected chi connectivity index (χ2v) is 6.83. The number of hydrogen-bond donors (Lipinski definition) is 2. The average molecular weight is 353 g/mol. The molecule has 0 aliphatic heterocycles. The Kier molecular flexibility index (Phi) is 5.85. The van der Waals surface area contributed by atoms with Gasteiger partial charge in [-0.25, -0.2) is 4.68 Å². The van der Waals surface area contributed by atoms with E-state index in [4.69, 9.17) is 0 Å². The Balaban J connectivity index is 1.51. The maximum absolute atomic E-state index is 4.42. The lowest BCUT2D eigenvalue weighted by atomic mass is 10.1. The average Bonchev–Trinajstić information content (AvgIpc) is 3.34. The van der Waals surface area contributed by atoms with Crippen LogP contribution in [0.4, 0.5) is 0 Å². The largest absolute Gasteiger partial charge is 0.356 e. The highest BCUT2D eigenvalue weighted by atomic mass is 32.1. The predicted octanol–water partition coefficient (Wildman–Crippen LogP) is 3.40. The standard InChI is InChI=1S/C19H23N5S/c1-15(18-9-6-10-25-18)11-21-19(20-2)22-12-16-13-23-24(14-16)17-7-4-3-5-8-17/h3-10,13-15H,11-12H2,1-2H3,(H2,20,21,22). The van der Waals surface area contributed by atoms with Gasteiger partial charge in [-0.15, -0.1) is 11.3 Å². The molecule has 0 radical (unpaired) electrons. The highest BCUT2D eigenvalue weighted by Gasteiger charge is 2.08. The van der Waals surface area contributed by atoms with Gasteiger partial charge in [0.1, 0.15) is 0 Å². The Hall–Kier alpha value is -2.60. The normalized spacial score (nSPS) is 12.8. The topological polar surface area (TPSA) is 54.2 Å². The zero-order valence-corrected chi connectivity index (χ0v) is 15.3. The van der Waals surface area contributed by atoms with E-state index < -0.39 is 0 Å². The molecule has 5 nitrogen and oxygen atoms in total. The van der Waals surface area contributed by atoms with Gasteiger partial charge in [0.05, 0.1) is 11.9 Å². The minimum absolute atomic E-state index is 0.458. The summed E-state index contributed by atoms with van der Waals surface area (Å²) < 4.78 is 1.88. The van der Waals surface area contributed by atoms with Crippen molar-refractivity contribution in [1.82, 2.24) is 20.4 Å². The van der Waals surface area contributed by atoms with E-state index in [0.717, 1.165) is 23.8 Å². The van der Waals surface area contributed by atoms with Gasteiger partial charge < -0.3 is 10.6 Å². The Morgan fingerprint density at radius 3 is 2.76 bits per heavy atom. The van der Waals surface area contributed by atoms with Crippen LogP contribution in [0, 0.1) is 0 Å². The van der Waals surface area contributed by atoms with Crippen molar-refractivity contribution in [2.75, 3.05) is 13.6 Å². The molecule has 0 bridgehead atoms. The first-order chi connectivity index (χ1) is 12.3. The smallest absolute Gasteiger partial charge is 0.191 e. The van der Waals surface area contributed by atoms with Crippen LogP contribution in [0.3, 0.4) is 0 Å². The molecule has 0 saturated carbocycles. The highest BCUT2D eigenvalue weighted by Crippen LogP contribution is 2.19. The summed E-state index contributed by atoms with van der Waals surface area (Å²) in [5.74, 6) is 1.26. The summed E-state index contributed by atoms with van der Waals surface area (Å²) in [4.78, 5) is 5.67. The molecule has 25 heavy (non-hydrogen) atoms. The molecule has 2 heterocycles. The molecule has 0 aliphatic rings. The lowest BCUT2D eigenvalue weighted by molar-refractivity contribution is 0.708. The minimum atomic E-state index is 0.458. The number of hydrogen-bond acceptors (Lipinski definition) is 3. The summed E-state index contributed by atoms with van der Waals surface area (Å²) >= 11 is 1.79. The Morgan fingerprint density at radius 1 is 1.20 bits per heavy atom. The van der Waals surface area contributed by atoms with Crippen molar-refractivity contribution < 1.29 is 0 Å². The Bertz CT molecular complexity index is 792. The first kappa shape index (κ1) is 17.2. The van der Waals surface area contributed by atoms with Gasteiger partial charge in [-0.05, 0) is 23.6 Å². The summed E-state index contributed by atoms with van der Waals surface area (Å²) in [5, 5.41) is 13.3. The van der Waals surface area contributed by atoms with Crippen LogP contribution in [0.1, 0.15) is 23.3 Å². The molecule has 0 amide bonds. The number of rotatable bonds is 6. The van der Waals surface area contributed by atoms with Crippen molar-refractivity contribution in [1.29, 1.82) is 0 Å². The molecule has 3 aromatic rings. The van der Waals surface area contributed by atoms with Crippen LogP contribution in [0.15, 0.2) is 65.2 Å². The quantitative estimate of drug-likeness (QED) is 0.527. The summed E-state index contributed by atoms with van der Waals surface area (Å²) in [6, 6.07) is 14.4. The van der Waals surface area contributed by atoms with Crippen LogP contribution in [0.5, 0.6) is 0 Å². The van der Waals surface area contributed by atoms with E-state index in [0.29, 0.717) is 12.5 Å². The molecule has 0 saturated heterocycles. The van der Waals surface area contributed by atoms with Gasteiger partial charge in [0.15, 0.2) is 5.96 Å². The van der Waals surface area contributed by atoms with Gasteiger partial charge in [-0.2, -0.15) is 5.10 Å². The number of aromatic nitrogens is 2. The van der Waals surface area contributed by atoms with Crippen molar-refractivity contribution in [3.8, 4) is 5.69 Å². The van der Waals surface area contributed by atoms with Gasteiger partial charge in [0.25, 0.3) is 0 Å². The molecule has 3 rings (SSSR count). The second-order valence-electron chi connectivity index (χ2n) is 5.85. The van der Waals surface area contributed by atoms with Gasteiger partial charge in [-0.3, -0.25) is 4.99 Å². The van der Waals surface area contributed by atoms with Crippen LogP contribution in [-0.2, 0) is 6.54 Å². The fraction of sp³-hybridized carbons (Fsp3) is 0.263. The van der Waals surface area contributed by atoms with Crippen molar-refractivity contribution in [2.24, 2.45) is 4.99 Å². The fourth-order valence-corrected chi connectivity index (χ4v) is 3.29. The molecule has 0 spiro atoms. The second kappa shape index (κ2) is 8.48. The SMILES string of the molecule is CN=C(NCc1cnn(-c2ccccc2)c1)NCC(C)c1cccs1. The number of nitrogens with one attached hydrogen (secondary N) is 2. The molecule has 0 fully saturated rings. The predicted molar refractivity (Wildman–Crippen MR) is 104 cm³/mol. The molecule has 130 valence electrons. The molecular formula is C19H23N5S. The number of thiophene rings is 1. The molecule has 1 unspecified atom stereocenters. The van der Waals surface area contributed by atoms with E-state index >= 15 is 0 Å². The third-order valence-electron chi connectivity index (χ3n) is 3.94. The van der Waals surface area contributed by atoms with E-state index in [-0.39, 0.29) is 0 Å². The van der Waals surface area contributed by atoms with Crippen molar-refractivity contribution >= 4 is 17.3 Å². The number of guanidine groups is 1. The molecule has 0 aliphatic carbocycles. The summed E-state index contributed by atoms with van der Waals surface area (Å²) in [5.41, 5.74) is 2.17. The molecule has 1 aromatic carbocycles. The number of para-hydroxylation sites is 1. The summed E-state index contributed by atoms with van der Waals surface area (Å²) in [6.07, 6.45) is 3.91. The molecule has 2 aromatic heterocycles. The molecule has 1 atom stereocenters. The van der Waals surface area contributed by atoms with Gasteiger partial charge in [0.2, 0.25) is 0 Å². The van der Waals surface area contributed by atoms with Crippen LogP contribution < -0.4 is 10.6 Å². The van der Waals surface area contributed by atoms with Gasteiger partial charge >= 0.3 is 0 Å². The first-order valence-electron chi connectivity index (χ1n) is 8.33. The monoisotopic (exact) mass is 353 g/mol. The fourth-order valence-electron chi connectivity index (χ4n) is 2.50. The zero-order valence-electron chi connectivity index (χ0n) is 14.5. The van der Waals surface area contributed by atoms with E-state index in [1.807, 2.05) is 47.4 Å². The van der Waals surface area contributed by atoms with Crippen molar-refractivity contribution in [2.45, 2.75) is 19.4 Å². The Labute approximate surface area is 152 Å². The number of benzene rings is 1. The van der Waals surface area contributed by atoms with Crippen LogP contribution in [0.25, 0.3) is 5.69 Å². The van der Waals surface area contributed by atoms with Gasteiger partial charge in [0, 0.05) is 42.7 Å². The molecule has 6 heteroatoms. The molecule has 2 N–H and O–H groups in total. The van der Waals surface area contributed by atoms with Crippen molar-refractivity contribution in [3.63, 3.8) is 0 Å². The van der Waals surface area contributed by atoms with Crippen LogP contribution in [-0.4, -0.2) is 29.3 Å². The van der Waals surface area contributed by atoms with E-state index in [1.165, 1.54) is 4.88 Å². The highest BCUT2D eigenvalue weighted by molar-refractivity contribution is 7.10. The number of nitrogens with zero attached hydrogens (tertiary/aromatic N) is 3. The molecular weight excluding hydrogens is 330 g/mol. The van der Waals surface area contributed by atoms with Gasteiger partial charge in [-0.1, -0.05) is 31.2 Å². The third kappa shape index (κ3) is 4.70. The maximum atomic E-state index is 4.42. The van der Waals surface area contributed by atoms with Crippen LogP contribution in [0.2, 0.25) is 0 Å². The van der Waals surface area contributed by atoms with E-state index in [2.05, 4.69) is 45.2 Å². The minimum Gasteiger partial charge on any atom is -0.356 e. The lowest BCUT2D eigenvalue weighted by Gasteiger charge is -2.14. The third-order valence-corrected chi connectivity index (χ3v) is 5.05. The lowest BCUT2D eigenvalue weighted by Crippen LogP contribution is -2.38. The first-order valence-corrected chi connectivity index (χ1v) is 9.21. The van der Waals surface area contributed by atoms with E-state index in [9.17, 15) is 0 Å². The Morgan fingerprint density at radius 2 is 2.04 bits per heavy atom. The van der Waals surface area contributed by atoms with Crippen LogP contribution >= 0.6 is 11.3 Å². The maximum Gasteiger partial charge on any atom is 0.191 e. The summed E-state index contributed by atoms with van der Waals surface area (Å²) in [6.45, 7) is 3.75. The van der Waals surface area contributed by atoms with E-state index in [1.54, 1.807) is 18.4 Å². The number of aliphatic imine (C=N–C) groups is 1. The zero-order chi connectivity index (χ0) is 17.5. The van der Waals surface area contributed by atoms with Crippen molar-refractivity contribution in [3.05, 3.63) is 70.7 Å². The summed E-state index contributed by atoms with van der Waals surface area (Å²) in [7, 11) is 1.79.